The van der Waals surface area contributed by atoms with Gasteiger partial charge < -0.3 is 9.80 Å². The Morgan fingerprint density at radius 2 is 2.00 bits per heavy atom. The molecule has 1 atom stereocenters. The van der Waals surface area contributed by atoms with Crippen LogP contribution in [-0.4, -0.2) is 40.7 Å². The Morgan fingerprint density at radius 3 is 2.67 bits per heavy atom. The van der Waals surface area contributed by atoms with E-state index in [2.05, 4.69) is 0 Å². The summed E-state index contributed by atoms with van der Waals surface area (Å²) in [6.45, 7) is 3.89. The van der Waals surface area contributed by atoms with Gasteiger partial charge in [-0.1, -0.05) is 36.4 Å². The molecule has 1 aromatic carbocycles. The number of hydrogen-bond donors (Lipinski definition) is 0. The quantitative estimate of drug-likeness (QED) is 0.835. The van der Waals surface area contributed by atoms with Gasteiger partial charge in [-0.15, -0.1) is 11.3 Å². The van der Waals surface area contributed by atoms with Gasteiger partial charge in [0.1, 0.15) is 6.04 Å². The van der Waals surface area contributed by atoms with Crippen molar-refractivity contribution in [3.05, 3.63) is 58.3 Å². The van der Waals surface area contributed by atoms with E-state index in [0.29, 0.717) is 24.5 Å². The minimum atomic E-state index is -0.330. The van der Waals surface area contributed by atoms with Gasteiger partial charge in [-0.05, 0) is 36.8 Å². The van der Waals surface area contributed by atoms with Crippen molar-refractivity contribution in [1.29, 1.82) is 0 Å². The third-order valence-corrected chi connectivity index (χ3v) is 5.30. The summed E-state index contributed by atoms with van der Waals surface area (Å²) in [7, 11) is 0. The number of nitrogens with zero attached hydrogens (tertiary/aromatic N) is 2. The Hall–Kier alpha value is -2.14. The first kappa shape index (κ1) is 16.7. The highest BCUT2D eigenvalue weighted by molar-refractivity contribution is 7.12. The number of carbonyl (C=O) groups is 2. The molecule has 2 heterocycles. The predicted molar refractivity (Wildman–Crippen MR) is 95.9 cm³/mol. The van der Waals surface area contributed by atoms with Crippen LogP contribution in [0.1, 0.15) is 35.0 Å². The number of hydrogen-bond acceptors (Lipinski definition) is 3. The lowest BCUT2D eigenvalue weighted by atomic mass is 10.1. The molecule has 4 nitrogen and oxygen atoms in total. The van der Waals surface area contributed by atoms with Crippen LogP contribution in [0.5, 0.6) is 0 Å². The predicted octanol–water partition coefficient (Wildman–Crippen LogP) is 3.40. The normalized spacial score (nSPS) is 17.0. The molecular weight excluding hydrogens is 320 g/mol. The zero-order valence-electron chi connectivity index (χ0n) is 13.9. The van der Waals surface area contributed by atoms with Crippen molar-refractivity contribution in [1.82, 2.24) is 9.80 Å². The molecule has 1 saturated heterocycles. The van der Waals surface area contributed by atoms with Crippen LogP contribution in [0, 0.1) is 0 Å². The molecule has 126 valence electrons. The van der Waals surface area contributed by atoms with Crippen LogP contribution in [0.3, 0.4) is 0 Å². The molecule has 1 unspecified atom stereocenters. The standard InChI is InChI=1S/C19H22N2O2S/c1-2-20(14-15-8-4-3-5-9-15)18(22)16-10-6-12-21(16)19(23)17-11-7-13-24-17/h3-5,7-9,11,13,16H,2,6,10,12,14H2,1H3. The van der Waals surface area contributed by atoms with E-state index in [-0.39, 0.29) is 17.9 Å². The number of carbonyl (C=O) groups excluding carboxylic acids is 2. The van der Waals surface area contributed by atoms with Gasteiger partial charge in [0.05, 0.1) is 4.88 Å². The fourth-order valence-corrected chi connectivity index (χ4v) is 3.85. The highest BCUT2D eigenvalue weighted by Crippen LogP contribution is 2.24. The van der Waals surface area contributed by atoms with Crippen LogP contribution < -0.4 is 0 Å². The second-order valence-electron chi connectivity index (χ2n) is 5.97. The lowest BCUT2D eigenvalue weighted by molar-refractivity contribution is -0.135. The number of benzene rings is 1. The Labute approximate surface area is 146 Å². The number of likely N-dealkylation sites (tertiary alicyclic amines) is 1. The Morgan fingerprint density at radius 1 is 1.21 bits per heavy atom. The summed E-state index contributed by atoms with van der Waals surface area (Å²) in [5, 5.41) is 1.90. The molecule has 0 radical (unpaired) electrons. The molecule has 24 heavy (non-hydrogen) atoms. The van der Waals surface area contributed by atoms with Gasteiger partial charge in [-0.3, -0.25) is 9.59 Å². The zero-order valence-corrected chi connectivity index (χ0v) is 14.7. The van der Waals surface area contributed by atoms with E-state index in [9.17, 15) is 9.59 Å². The van der Waals surface area contributed by atoms with Crippen molar-refractivity contribution in [2.45, 2.75) is 32.4 Å². The van der Waals surface area contributed by atoms with E-state index < -0.39 is 0 Å². The Bertz CT molecular complexity index is 685. The van der Waals surface area contributed by atoms with E-state index in [1.54, 1.807) is 4.90 Å². The molecule has 0 saturated carbocycles. The lowest BCUT2D eigenvalue weighted by Gasteiger charge is -2.29. The number of thiophene rings is 1. The second-order valence-corrected chi connectivity index (χ2v) is 6.92. The summed E-state index contributed by atoms with van der Waals surface area (Å²) < 4.78 is 0. The Kier molecular flexibility index (Phi) is 5.30. The van der Waals surface area contributed by atoms with E-state index in [1.807, 2.05) is 59.7 Å². The molecule has 1 aliphatic heterocycles. The molecule has 1 aliphatic rings. The van der Waals surface area contributed by atoms with Crippen LogP contribution in [0.4, 0.5) is 0 Å². The van der Waals surface area contributed by atoms with E-state index in [1.165, 1.54) is 11.3 Å². The van der Waals surface area contributed by atoms with Crippen molar-refractivity contribution in [3.8, 4) is 0 Å². The first-order valence-corrected chi connectivity index (χ1v) is 9.26. The van der Waals surface area contributed by atoms with Crippen LogP contribution in [0.15, 0.2) is 47.8 Å². The number of likely N-dealkylation sites (N-methyl/N-ethyl adjacent to an activating group) is 1. The number of rotatable bonds is 5. The maximum atomic E-state index is 13.0. The largest absolute Gasteiger partial charge is 0.337 e. The van der Waals surface area contributed by atoms with Crippen molar-refractivity contribution < 1.29 is 9.59 Å². The highest BCUT2D eigenvalue weighted by atomic mass is 32.1. The monoisotopic (exact) mass is 342 g/mol. The summed E-state index contributed by atoms with van der Waals surface area (Å²) in [4.78, 5) is 30.0. The van der Waals surface area contributed by atoms with Crippen LogP contribution in [0.25, 0.3) is 0 Å². The molecule has 1 aromatic heterocycles. The number of amides is 2. The van der Waals surface area contributed by atoms with Crippen molar-refractivity contribution in [3.63, 3.8) is 0 Å². The maximum absolute atomic E-state index is 13.0. The summed E-state index contributed by atoms with van der Waals surface area (Å²) in [5.74, 6) is 0.0420. The van der Waals surface area contributed by atoms with Crippen molar-refractivity contribution in [2.75, 3.05) is 13.1 Å². The summed E-state index contributed by atoms with van der Waals surface area (Å²) in [5.41, 5.74) is 1.11. The fraction of sp³-hybridized carbons (Fsp3) is 0.368. The van der Waals surface area contributed by atoms with Gasteiger partial charge in [0, 0.05) is 19.6 Å². The summed E-state index contributed by atoms with van der Waals surface area (Å²) in [6, 6.07) is 13.4. The molecule has 0 aliphatic carbocycles. The van der Waals surface area contributed by atoms with E-state index in [4.69, 9.17) is 0 Å². The average Bonchev–Trinajstić information content (AvgIpc) is 3.30. The highest BCUT2D eigenvalue weighted by Gasteiger charge is 2.36. The van der Waals surface area contributed by atoms with Gasteiger partial charge >= 0.3 is 0 Å². The maximum Gasteiger partial charge on any atom is 0.264 e. The molecule has 0 bridgehead atoms. The van der Waals surface area contributed by atoms with Crippen molar-refractivity contribution in [2.24, 2.45) is 0 Å². The smallest absolute Gasteiger partial charge is 0.264 e. The minimum absolute atomic E-state index is 0.0170. The van der Waals surface area contributed by atoms with Gasteiger partial charge in [-0.2, -0.15) is 0 Å². The van der Waals surface area contributed by atoms with Gasteiger partial charge in [-0.25, -0.2) is 0 Å². The van der Waals surface area contributed by atoms with E-state index >= 15 is 0 Å². The first-order chi connectivity index (χ1) is 11.7. The summed E-state index contributed by atoms with van der Waals surface area (Å²) >= 11 is 1.43. The molecule has 3 rings (SSSR count). The molecule has 1 fully saturated rings. The molecular formula is C19H22N2O2S. The molecule has 5 heteroatoms. The fourth-order valence-electron chi connectivity index (χ4n) is 3.17. The molecule has 0 N–H and O–H groups in total. The van der Waals surface area contributed by atoms with Gasteiger partial charge in [0.2, 0.25) is 5.91 Å². The molecule has 0 spiro atoms. The lowest BCUT2D eigenvalue weighted by Crippen LogP contribution is -2.47. The average molecular weight is 342 g/mol. The minimum Gasteiger partial charge on any atom is -0.337 e. The van der Waals surface area contributed by atoms with Gasteiger partial charge in [0.15, 0.2) is 0 Å². The van der Waals surface area contributed by atoms with Crippen LogP contribution >= 0.6 is 11.3 Å². The van der Waals surface area contributed by atoms with Crippen molar-refractivity contribution >= 4 is 23.2 Å². The van der Waals surface area contributed by atoms with E-state index in [0.717, 1.165) is 18.4 Å². The Balaban J connectivity index is 1.73. The third-order valence-electron chi connectivity index (χ3n) is 4.44. The molecule has 2 aromatic rings. The third kappa shape index (κ3) is 3.51. The van der Waals surface area contributed by atoms with Crippen LogP contribution in [0.2, 0.25) is 0 Å². The topological polar surface area (TPSA) is 40.6 Å². The second kappa shape index (κ2) is 7.62. The SMILES string of the molecule is CCN(Cc1ccccc1)C(=O)C1CCCN1C(=O)c1cccs1. The summed E-state index contributed by atoms with van der Waals surface area (Å²) in [6.07, 6.45) is 1.64. The zero-order chi connectivity index (χ0) is 16.9. The first-order valence-electron chi connectivity index (χ1n) is 8.38. The van der Waals surface area contributed by atoms with Gasteiger partial charge in [0.25, 0.3) is 5.91 Å². The van der Waals surface area contributed by atoms with Crippen LogP contribution in [-0.2, 0) is 11.3 Å². The molecule has 2 amide bonds.